The van der Waals surface area contributed by atoms with Crippen LogP contribution in [0.15, 0.2) is 66.7 Å². The second-order valence-electron chi connectivity index (χ2n) is 7.57. The molecule has 3 atom stereocenters. The fraction of sp³-hybridized carbons (Fsp3) is 0.423. The summed E-state index contributed by atoms with van der Waals surface area (Å²) in [7, 11) is 1.65. The third kappa shape index (κ3) is 8.95. The van der Waals surface area contributed by atoms with E-state index >= 15 is 0 Å². The SMILES string of the molecule is CCOC(=O)/C=C/[C@H](C)[C@@H](OCc1ccc(OC)cc1)[C@@H](C)COCc1ccccc1. The summed E-state index contributed by atoms with van der Waals surface area (Å²) in [6, 6.07) is 17.9. The molecule has 0 aliphatic rings. The van der Waals surface area contributed by atoms with Crippen molar-refractivity contribution >= 4 is 5.97 Å². The van der Waals surface area contributed by atoms with E-state index in [1.54, 1.807) is 14.0 Å². The van der Waals surface area contributed by atoms with E-state index in [0.717, 1.165) is 16.9 Å². The predicted octanol–water partition coefficient (Wildman–Crippen LogP) is 5.19. The van der Waals surface area contributed by atoms with Gasteiger partial charge in [0.15, 0.2) is 0 Å². The topological polar surface area (TPSA) is 54.0 Å². The van der Waals surface area contributed by atoms with Crippen LogP contribution in [0.2, 0.25) is 0 Å². The standard InChI is InChI=1S/C26H34O5/c1-5-30-25(27)16-11-20(2)26(31-19-23-12-14-24(28-4)15-13-23)21(3)17-29-18-22-9-7-6-8-10-22/h6-16,20-21,26H,5,17-19H2,1-4H3/b16-11+/t20-,21-,26+/m0/s1. The number of hydrogen-bond donors (Lipinski definition) is 0. The monoisotopic (exact) mass is 426 g/mol. The minimum atomic E-state index is -0.337. The molecule has 0 bridgehead atoms. The second-order valence-corrected chi connectivity index (χ2v) is 7.57. The zero-order chi connectivity index (χ0) is 22.5. The van der Waals surface area contributed by atoms with Crippen LogP contribution in [0.4, 0.5) is 0 Å². The highest BCUT2D eigenvalue weighted by Gasteiger charge is 2.24. The highest BCUT2D eigenvalue weighted by molar-refractivity contribution is 5.81. The van der Waals surface area contributed by atoms with Gasteiger partial charge in [0, 0.05) is 17.9 Å². The molecule has 0 heterocycles. The number of ether oxygens (including phenoxy) is 4. The molecule has 2 aromatic rings. The van der Waals surface area contributed by atoms with Crippen molar-refractivity contribution in [2.45, 2.75) is 40.1 Å². The molecule has 0 amide bonds. The van der Waals surface area contributed by atoms with E-state index in [-0.39, 0.29) is 23.9 Å². The van der Waals surface area contributed by atoms with Crippen LogP contribution in [0.25, 0.3) is 0 Å². The van der Waals surface area contributed by atoms with Crippen molar-refractivity contribution in [2.24, 2.45) is 11.8 Å². The predicted molar refractivity (Wildman–Crippen MR) is 122 cm³/mol. The molecule has 0 aliphatic carbocycles. The fourth-order valence-electron chi connectivity index (χ4n) is 3.31. The molecule has 5 nitrogen and oxygen atoms in total. The Bertz CT molecular complexity index is 785. The molecule has 0 aromatic heterocycles. The van der Waals surface area contributed by atoms with Crippen LogP contribution in [0.5, 0.6) is 5.75 Å². The Kier molecular flexibility index (Phi) is 10.8. The van der Waals surface area contributed by atoms with Gasteiger partial charge in [-0.1, -0.05) is 62.4 Å². The maximum absolute atomic E-state index is 11.7. The van der Waals surface area contributed by atoms with Gasteiger partial charge in [0.2, 0.25) is 0 Å². The van der Waals surface area contributed by atoms with Crippen molar-refractivity contribution in [1.29, 1.82) is 0 Å². The molecule has 2 aromatic carbocycles. The van der Waals surface area contributed by atoms with Crippen LogP contribution in [0.3, 0.4) is 0 Å². The smallest absolute Gasteiger partial charge is 0.330 e. The van der Waals surface area contributed by atoms with E-state index in [9.17, 15) is 4.79 Å². The first-order chi connectivity index (χ1) is 15.0. The van der Waals surface area contributed by atoms with Gasteiger partial charge in [-0.25, -0.2) is 4.79 Å². The van der Waals surface area contributed by atoms with Gasteiger partial charge in [-0.15, -0.1) is 0 Å². The summed E-state index contributed by atoms with van der Waals surface area (Å²) in [6.45, 7) is 7.89. The number of carbonyl (C=O) groups is 1. The van der Waals surface area contributed by atoms with Crippen LogP contribution >= 0.6 is 0 Å². The van der Waals surface area contributed by atoms with E-state index < -0.39 is 0 Å². The third-order valence-corrected chi connectivity index (χ3v) is 5.00. The first-order valence-electron chi connectivity index (χ1n) is 10.7. The average Bonchev–Trinajstić information content (AvgIpc) is 2.79. The van der Waals surface area contributed by atoms with Gasteiger partial charge >= 0.3 is 5.97 Å². The van der Waals surface area contributed by atoms with Crippen molar-refractivity contribution < 1.29 is 23.7 Å². The quantitative estimate of drug-likeness (QED) is 0.326. The Morgan fingerprint density at radius 1 is 0.968 bits per heavy atom. The Morgan fingerprint density at radius 3 is 2.29 bits per heavy atom. The molecule has 2 rings (SSSR count). The molecule has 0 fully saturated rings. The molecule has 0 saturated heterocycles. The summed E-state index contributed by atoms with van der Waals surface area (Å²) in [5, 5.41) is 0. The van der Waals surface area contributed by atoms with Crippen molar-refractivity contribution in [3.05, 3.63) is 77.9 Å². The first kappa shape index (κ1) is 24.6. The number of carbonyl (C=O) groups excluding carboxylic acids is 1. The lowest BCUT2D eigenvalue weighted by molar-refractivity contribution is -0.137. The van der Waals surface area contributed by atoms with E-state index in [1.165, 1.54) is 6.08 Å². The number of rotatable bonds is 13. The number of hydrogen-bond acceptors (Lipinski definition) is 5. The first-order valence-corrected chi connectivity index (χ1v) is 10.7. The maximum Gasteiger partial charge on any atom is 0.330 e. The summed E-state index contributed by atoms with van der Waals surface area (Å²) in [6.07, 6.45) is 3.21. The van der Waals surface area contributed by atoms with Gasteiger partial charge in [-0.05, 0) is 30.2 Å². The lowest BCUT2D eigenvalue weighted by atomic mass is 9.93. The molecular weight excluding hydrogens is 392 g/mol. The highest BCUT2D eigenvalue weighted by Crippen LogP contribution is 2.22. The minimum Gasteiger partial charge on any atom is -0.497 e. The largest absolute Gasteiger partial charge is 0.497 e. The molecule has 0 aliphatic heterocycles. The zero-order valence-electron chi connectivity index (χ0n) is 19.0. The lowest BCUT2D eigenvalue weighted by Gasteiger charge is -2.28. The Labute approximate surface area is 186 Å². The second kappa shape index (κ2) is 13.6. The van der Waals surface area contributed by atoms with Crippen LogP contribution < -0.4 is 4.74 Å². The molecule has 0 saturated carbocycles. The van der Waals surface area contributed by atoms with Gasteiger partial charge in [-0.3, -0.25) is 0 Å². The van der Waals surface area contributed by atoms with Crippen molar-refractivity contribution in [2.75, 3.05) is 20.3 Å². The highest BCUT2D eigenvalue weighted by atomic mass is 16.5. The summed E-state index contributed by atoms with van der Waals surface area (Å²) in [4.78, 5) is 11.7. The summed E-state index contributed by atoms with van der Waals surface area (Å²) < 4.78 is 22.5. The van der Waals surface area contributed by atoms with Crippen LogP contribution in [0, 0.1) is 11.8 Å². The molecule has 5 heteroatoms. The molecule has 0 N–H and O–H groups in total. The number of esters is 1. The minimum absolute atomic E-state index is 0.0120. The van der Waals surface area contributed by atoms with Crippen LogP contribution in [0.1, 0.15) is 31.9 Å². The van der Waals surface area contributed by atoms with E-state index in [1.807, 2.05) is 67.6 Å². The van der Waals surface area contributed by atoms with Crippen molar-refractivity contribution in [1.82, 2.24) is 0 Å². The molecule has 0 unspecified atom stereocenters. The average molecular weight is 427 g/mol. The molecule has 168 valence electrons. The van der Waals surface area contributed by atoms with Crippen LogP contribution in [-0.2, 0) is 32.2 Å². The van der Waals surface area contributed by atoms with Gasteiger partial charge in [0.1, 0.15) is 5.75 Å². The number of benzene rings is 2. The van der Waals surface area contributed by atoms with E-state index in [4.69, 9.17) is 18.9 Å². The Balaban J connectivity index is 1.99. The molecule has 0 spiro atoms. The molecule has 0 radical (unpaired) electrons. The maximum atomic E-state index is 11.7. The van der Waals surface area contributed by atoms with Gasteiger partial charge < -0.3 is 18.9 Å². The normalized spacial score (nSPS) is 14.2. The van der Waals surface area contributed by atoms with E-state index in [2.05, 4.69) is 6.92 Å². The van der Waals surface area contributed by atoms with Crippen molar-refractivity contribution in [3.63, 3.8) is 0 Å². The van der Waals surface area contributed by atoms with Crippen molar-refractivity contribution in [3.8, 4) is 5.75 Å². The molecular formula is C26H34O5. The van der Waals surface area contributed by atoms with Crippen LogP contribution in [-0.4, -0.2) is 32.4 Å². The number of methoxy groups -OCH3 is 1. The Hall–Kier alpha value is -2.63. The Morgan fingerprint density at radius 2 is 1.65 bits per heavy atom. The zero-order valence-corrected chi connectivity index (χ0v) is 19.0. The third-order valence-electron chi connectivity index (χ3n) is 5.00. The summed E-state index contributed by atoms with van der Waals surface area (Å²) in [5.74, 6) is 0.617. The fourth-order valence-corrected chi connectivity index (χ4v) is 3.31. The summed E-state index contributed by atoms with van der Waals surface area (Å²) >= 11 is 0. The van der Waals surface area contributed by atoms with Gasteiger partial charge in [0.25, 0.3) is 0 Å². The molecule has 31 heavy (non-hydrogen) atoms. The summed E-state index contributed by atoms with van der Waals surface area (Å²) in [5.41, 5.74) is 2.20. The lowest BCUT2D eigenvalue weighted by Crippen LogP contribution is -2.31. The van der Waals surface area contributed by atoms with E-state index in [0.29, 0.717) is 26.4 Å². The van der Waals surface area contributed by atoms with Gasteiger partial charge in [-0.2, -0.15) is 0 Å². The van der Waals surface area contributed by atoms with Gasteiger partial charge in [0.05, 0.1) is 39.6 Å².